The van der Waals surface area contributed by atoms with Crippen LogP contribution in [0.1, 0.15) is 39.7 Å². The molecule has 2 aliphatic rings. The predicted molar refractivity (Wildman–Crippen MR) is 97.0 cm³/mol. The van der Waals surface area contributed by atoms with Crippen molar-refractivity contribution < 1.29 is 22.9 Å². The number of alkyl halides is 2. The molecule has 2 heterocycles. The second-order valence-corrected chi connectivity index (χ2v) is 8.45. The number of hydrogen-bond donors (Lipinski definition) is 0. The highest BCUT2D eigenvalue weighted by atomic mass is 35.5. The summed E-state index contributed by atoms with van der Waals surface area (Å²) in [7, 11) is -0.640. The average molecular weight is 386 g/mol. The summed E-state index contributed by atoms with van der Waals surface area (Å²) in [6.07, 6.45) is -0.238. The fourth-order valence-electron chi connectivity index (χ4n) is 3.09. The maximum Gasteiger partial charge on any atom is 0.496 e. The molecule has 1 aromatic carbocycles. The number of likely N-dealkylation sites (tertiary alicyclic amines) is 1. The van der Waals surface area contributed by atoms with Gasteiger partial charge >= 0.3 is 7.12 Å². The predicted octanol–water partition coefficient (Wildman–Crippen LogP) is 3.05. The lowest BCUT2D eigenvalue weighted by molar-refractivity contribution is -0.130. The van der Waals surface area contributed by atoms with Gasteiger partial charge in [-0.1, -0.05) is 23.7 Å². The SMILES string of the molecule is CC1(C)OB(c2cc(CC(=O)N3CCC(F)(F)C3)ccc2Cl)OC1(C)C. The van der Waals surface area contributed by atoms with E-state index in [9.17, 15) is 13.6 Å². The molecular weight excluding hydrogens is 362 g/mol. The van der Waals surface area contributed by atoms with Crippen LogP contribution in [-0.2, 0) is 20.5 Å². The van der Waals surface area contributed by atoms with Crippen LogP contribution in [0.2, 0.25) is 5.02 Å². The van der Waals surface area contributed by atoms with E-state index in [1.54, 1.807) is 18.2 Å². The lowest BCUT2D eigenvalue weighted by Crippen LogP contribution is -2.41. The number of carbonyl (C=O) groups is 1. The highest BCUT2D eigenvalue weighted by Gasteiger charge is 2.52. The van der Waals surface area contributed by atoms with Crippen LogP contribution in [0.4, 0.5) is 8.78 Å². The Balaban J connectivity index is 1.76. The maximum absolute atomic E-state index is 13.3. The Morgan fingerprint density at radius 1 is 1.23 bits per heavy atom. The lowest BCUT2D eigenvalue weighted by Gasteiger charge is -2.32. The number of amides is 1. The molecule has 142 valence electrons. The quantitative estimate of drug-likeness (QED) is 0.751. The number of hydrogen-bond acceptors (Lipinski definition) is 3. The van der Waals surface area contributed by atoms with Crippen molar-refractivity contribution in [3.8, 4) is 0 Å². The summed E-state index contributed by atoms with van der Waals surface area (Å²) in [5, 5.41) is 0.479. The zero-order valence-electron chi connectivity index (χ0n) is 15.4. The Morgan fingerprint density at radius 3 is 2.38 bits per heavy atom. The molecule has 0 bridgehead atoms. The van der Waals surface area contributed by atoms with Gasteiger partial charge < -0.3 is 14.2 Å². The molecule has 0 atom stereocenters. The summed E-state index contributed by atoms with van der Waals surface area (Å²) in [5.41, 5.74) is 0.323. The lowest BCUT2D eigenvalue weighted by atomic mass is 9.78. The molecule has 0 N–H and O–H groups in total. The largest absolute Gasteiger partial charge is 0.496 e. The molecule has 0 unspecified atom stereocenters. The molecule has 4 nitrogen and oxygen atoms in total. The number of halogens is 3. The topological polar surface area (TPSA) is 38.8 Å². The van der Waals surface area contributed by atoms with Gasteiger partial charge in [0, 0.05) is 23.5 Å². The van der Waals surface area contributed by atoms with Gasteiger partial charge in [-0.05, 0) is 39.3 Å². The first-order chi connectivity index (χ1) is 11.9. The Morgan fingerprint density at radius 2 is 1.85 bits per heavy atom. The van der Waals surface area contributed by atoms with Crippen LogP contribution < -0.4 is 5.46 Å². The van der Waals surface area contributed by atoms with E-state index in [-0.39, 0.29) is 25.3 Å². The fourth-order valence-corrected chi connectivity index (χ4v) is 3.30. The van der Waals surface area contributed by atoms with Crippen LogP contribution >= 0.6 is 11.6 Å². The van der Waals surface area contributed by atoms with Crippen molar-refractivity contribution in [3.63, 3.8) is 0 Å². The van der Waals surface area contributed by atoms with E-state index in [0.29, 0.717) is 16.0 Å². The molecule has 3 rings (SSSR count). The Labute approximate surface area is 157 Å². The number of carbonyl (C=O) groups excluding carboxylic acids is 1. The third-order valence-electron chi connectivity index (χ3n) is 5.45. The fraction of sp³-hybridized carbons (Fsp3) is 0.611. The Hall–Kier alpha value is -1.18. The van der Waals surface area contributed by atoms with Crippen molar-refractivity contribution in [3.05, 3.63) is 28.8 Å². The van der Waals surface area contributed by atoms with E-state index in [1.807, 2.05) is 27.7 Å². The zero-order chi connectivity index (χ0) is 19.3. The van der Waals surface area contributed by atoms with Crippen molar-refractivity contribution in [2.75, 3.05) is 13.1 Å². The van der Waals surface area contributed by atoms with Gasteiger partial charge in [-0.25, -0.2) is 8.78 Å². The standard InChI is InChI=1S/C18H23BClF2NO3/c1-16(2)17(3,4)26-19(25-16)13-9-12(5-6-14(13)20)10-15(24)23-8-7-18(21,22)11-23/h5-6,9H,7-8,10-11H2,1-4H3. The van der Waals surface area contributed by atoms with Crippen LogP contribution in [0.15, 0.2) is 18.2 Å². The highest BCUT2D eigenvalue weighted by Crippen LogP contribution is 2.37. The summed E-state index contributed by atoms with van der Waals surface area (Å²) < 4.78 is 38.7. The van der Waals surface area contributed by atoms with Crippen LogP contribution in [0.3, 0.4) is 0 Å². The summed E-state index contributed by atoms with van der Waals surface area (Å²) in [6.45, 7) is 7.36. The van der Waals surface area contributed by atoms with Gasteiger partial charge in [-0.15, -0.1) is 0 Å². The first-order valence-corrected chi connectivity index (χ1v) is 9.08. The van der Waals surface area contributed by atoms with Gasteiger partial charge in [0.15, 0.2) is 0 Å². The molecule has 2 aliphatic heterocycles. The van der Waals surface area contributed by atoms with Crippen molar-refractivity contribution >= 4 is 30.1 Å². The third-order valence-corrected chi connectivity index (χ3v) is 5.79. The van der Waals surface area contributed by atoms with Crippen molar-refractivity contribution in [1.29, 1.82) is 0 Å². The molecule has 0 saturated carbocycles. The number of rotatable bonds is 3. The second kappa shape index (κ2) is 6.46. The molecule has 0 spiro atoms. The van der Waals surface area contributed by atoms with E-state index < -0.39 is 30.8 Å². The van der Waals surface area contributed by atoms with Crippen LogP contribution in [0, 0.1) is 0 Å². The maximum atomic E-state index is 13.3. The summed E-state index contributed by atoms with van der Waals surface area (Å²) in [5.74, 6) is -3.10. The first-order valence-electron chi connectivity index (χ1n) is 8.70. The van der Waals surface area contributed by atoms with Crippen molar-refractivity contribution in [2.24, 2.45) is 0 Å². The zero-order valence-corrected chi connectivity index (χ0v) is 16.2. The van der Waals surface area contributed by atoms with E-state index in [1.165, 1.54) is 4.90 Å². The Kier molecular flexibility index (Phi) is 4.87. The minimum absolute atomic E-state index is 0.0414. The molecule has 8 heteroatoms. The van der Waals surface area contributed by atoms with Gasteiger partial charge in [0.05, 0.1) is 24.2 Å². The van der Waals surface area contributed by atoms with Gasteiger partial charge in [-0.3, -0.25) is 4.79 Å². The van der Waals surface area contributed by atoms with Crippen molar-refractivity contribution in [2.45, 2.75) is 57.7 Å². The van der Waals surface area contributed by atoms with Crippen LogP contribution in [0.25, 0.3) is 0 Å². The normalized spacial score (nSPS) is 23.5. The molecule has 0 aromatic heterocycles. The summed E-state index contributed by atoms with van der Waals surface area (Å²) in [6, 6.07) is 5.17. The molecule has 2 fully saturated rings. The van der Waals surface area contributed by atoms with E-state index in [0.717, 1.165) is 0 Å². The number of benzene rings is 1. The molecule has 0 aliphatic carbocycles. The molecule has 1 aromatic rings. The van der Waals surface area contributed by atoms with Gasteiger partial charge in [-0.2, -0.15) is 0 Å². The molecule has 26 heavy (non-hydrogen) atoms. The van der Waals surface area contributed by atoms with Crippen LogP contribution in [0.5, 0.6) is 0 Å². The van der Waals surface area contributed by atoms with Gasteiger partial charge in [0.2, 0.25) is 5.91 Å². The monoisotopic (exact) mass is 385 g/mol. The molecule has 1 amide bonds. The minimum atomic E-state index is -2.79. The van der Waals surface area contributed by atoms with Gasteiger partial charge in [0.25, 0.3) is 5.92 Å². The average Bonchev–Trinajstić information content (AvgIpc) is 2.97. The second-order valence-electron chi connectivity index (χ2n) is 8.04. The first kappa shape index (κ1) is 19.6. The van der Waals surface area contributed by atoms with E-state index in [2.05, 4.69) is 0 Å². The molecular formula is C18H23BClF2NO3. The Bertz CT molecular complexity index is 710. The minimum Gasteiger partial charge on any atom is -0.399 e. The van der Waals surface area contributed by atoms with Crippen molar-refractivity contribution in [1.82, 2.24) is 4.90 Å². The molecule has 2 saturated heterocycles. The number of nitrogens with zero attached hydrogens (tertiary/aromatic N) is 1. The summed E-state index contributed by atoms with van der Waals surface area (Å²) in [4.78, 5) is 13.5. The highest BCUT2D eigenvalue weighted by molar-refractivity contribution is 6.65. The van der Waals surface area contributed by atoms with Crippen LogP contribution in [-0.4, -0.2) is 48.1 Å². The summed E-state index contributed by atoms with van der Waals surface area (Å²) >= 11 is 6.31. The van der Waals surface area contributed by atoms with E-state index in [4.69, 9.17) is 20.9 Å². The third kappa shape index (κ3) is 3.75. The van der Waals surface area contributed by atoms with Gasteiger partial charge in [0.1, 0.15) is 0 Å². The van der Waals surface area contributed by atoms with E-state index >= 15 is 0 Å². The smallest absolute Gasteiger partial charge is 0.399 e. The molecule has 0 radical (unpaired) electrons.